The summed E-state index contributed by atoms with van der Waals surface area (Å²) < 4.78 is 0. The molecule has 0 saturated heterocycles. The van der Waals surface area contributed by atoms with E-state index in [1.54, 1.807) is 19.1 Å². The Bertz CT molecular complexity index is 306. The fraction of sp³-hybridized carbons (Fsp3) is 0.300. The van der Waals surface area contributed by atoms with Gasteiger partial charge in [0.1, 0.15) is 5.75 Å². The van der Waals surface area contributed by atoms with E-state index >= 15 is 0 Å². The van der Waals surface area contributed by atoms with Crippen LogP contribution in [-0.2, 0) is 0 Å². The molecule has 1 rings (SSSR count). The highest BCUT2D eigenvalue weighted by Gasteiger charge is 2.05. The standard InChI is InChI=1S/C10H13NO/c1-6-4-9(12)5-7(2)10(6)8(3)11/h4-5,11-12H,1-3H3. The third-order valence-corrected chi connectivity index (χ3v) is 1.89. The average Bonchev–Trinajstić information content (AvgIpc) is 1.82. The minimum atomic E-state index is 0.273. The smallest absolute Gasteiger partial charge is 0.116 e. The molecule has 2 nitrogen and oxygen atoms in total. The molecular formula is C10H13NO. The van der Waals surface area contributed by atoms with Crippen molar-refractivity contribution in [1.29, 1.82) is 5.41 Å². The second-order valence-corrected chi connectivity index (χ2v) is 3.08. The van der Waals surface area contributed by atoms with Gasteiger partial charge in [0.2, 0.25) is 0 Å². The van der Waals surface area contributed by atoms with E-state index in [9.17, 15) is 5.11 Å². The number of nitrogens with one attached hydrogen (secondary N) is 1. The maximum atomic E-state index is 9.23. The quantitative estimate of drug-likeness (QED) is 0.613. The number of aromatic hydroxyl groups is 1. The van der Waals surface area contributed by atoms with E-state index < -0.39 is 0 Å². The van der Waals surface area contributed by atoms with Gasteiger partial charge in [-0.25, -0.2) is 0 Å². The molecule has 0 amide bonds. The molecule has 2 N–H and O–H groups in total. The van der Waals surface area contributed by atoms with Crippen molar-refractivity contribution < 1.29 is 5.11 Å². The minimum absolute atomic E-state index is 0.273. The Labute approximate surface area is 72.4 Å². The third-order valence-electron chi connectivity index (χ3n) is 1.89. The first-order valence-electron chi connectivity index (χ1n) is 3.88. The molecule has 0 atom stereocenters. The lowest BCUT2D eigenvalue weighted by atomic mass is 9.99. The third kappa shape index (κ3) is 1.47. The van der Waals surface area contributed by atoms with E-state index in [2.05, 4.69) is 0 Å². The van der Waals surface area contributed by atoms with Gasteiger partial charge in [0.15, 0.2) is 0 Å². The van der Waals surface area contributed by atoms with Gasteiger partial charge in [-0.15, -0.1) is 0 Å². The topological polar surface area (TPSA) is 44.1 Å². The molecule has 0 fully saturated rings. The number of phenolic OH excluding ortho intramolecular Hbond substituents is 1. The Morgan fingerprint density at radius 1 is 1.25 bits per heavy atom. The van der Waals surface area contributed by atoms with Gasteiger partial charge in [0.25, 0.3) is 0 Å². The number of phenols is 1. The van der Waals surface area contributed by atoms with Crippen LogP contribution in [0.15, 0.2) is 12.1 Å². The first-order valence-corrected chi connectivity index (χ1v) is 3.88. The number of hydrogen-bond donors (Lipinski definition) is 2. The van der Waals surface area contributed by atoms with Gasteiger partial charge < -0.3 is 10.5 Å². The first-order chi connectivity index (χ1) is 5.52. The zero-order valence-corrected chi connectivity index (χ0v) is 7.60. The summed E-state index contributed by atoms with van der Waals surface area (Å²) in [6.07, 6.45) is 0. The molecule has 0 heterocycles. The highest BCUT2D eigenvalue weighted by Crippen LogP contribution is 2.20. The van der Waals surface area contributed by atoms with Crippen molar-refractivity contribution in [1.82, 2.24) is 0 Å². The van der Waals surface area contributed by atoms with Crippen LogP contribution in [0.1, 0.15) is 23.6 Å². The summed E-state index contributed by atoms with van der Waals surface area (Å²) in [5.41, 5.74) is 3.40. The fourth-order valence-corrected chi connectivity index (χ4v) is 1.53. The van der Waals surface area contributed by atoms with Crippen molar-refractivity contribution in [2.24, 2.45) is 0 Å². The van der Waals surface area contributed by atoms with E-state index in [0.29, 0.717) is 5.71 Å². The Morgan fingerprint density at radius 2 is 1.67 bits per heavy atom. The van der Waals surface area contributed by atoms with Crippen molar-refractivity contribution in [3.8, 4) is 5.75 Å². The monoisotopic (exact) mass is 163 g/mol. The second kappa shape index (κ2) is 2.97. The molecule has 12 heavy (non-hydrogen) atoms. The van der Waals surface area contributed by atoms with Crippen LogP contribution in [0.5, 0.6) is 5.75 Å². The Morgan fingerprint density at radius 3 is 2.00 bits per heavy atom. The lowest BCUT2D eigenvalue weighted by Crippen LogP contribution is -1.99. The normalized spacial score (nSPS) is 9.92. The molecule has 2 heteroatoms. The number of aryl methyl sites for hydroxylation is 2. The molecule has 0 aliphatic rings. The minimum Gasteiger partial charge on any atom is -0.508 e. The zero-order valence-electron chi connectivity index (χ0n) is 7.60. The summed E-state index contributed by atoms with van der Waals surface area (Å²) in [5, 5.41) is 16.7. The van der Waals surface area contributed by atoms with Gasteiger partial charge in [-0.2, -0.15) is 0 Å². The van der Waals surface area contributed by atoms with Gasteiger partial charge in [-0.05, 0) is 44.0 Å². The number of rotatable bonds is 1. The van der Waals surface area contributed by atoms with Gasteiger partial charge in [-0.3, -0.25) is 0 Å². The first kappa shape index (κ1) is 8.78. The van der Waals surface area contributed by atoms with Crippen molar-refractivity contribution >= 4 is 5.71 Å². The van der Waals surface area contributed by atoms with Crippen LogP contribution in [-0.4, -0.2) is 10.8 Å². The highest BCUT2D eigenvalue weighted by molar-refractivity contribution is 5.99. The molecular weight excluding hydrogens is 150 g/mol. The van der Waals surface area contributed by atoms with Crippen LogP contribution in [0.3, 0.4) is 0 Å². The Balaban J connectivity index is 3.38. The number of benzene rings is 1. The SMILES string of the molecule is CC(=N)c1c(C)cc(O)cc1C. The van der Waals surface area contributed by atoms with Crippen LogP contribution < -0.4 is 0 Å². The molecule has 0 unspecified atom stereocenters. The van der Waals surface area contributed by atoms with E-state index in [1.807, 2.05) is 13.8 Å². The van der Waals surface area contributed by atoms with Crippen LogP contribution in [0.4, 0.5) is 0 Å². The molecule has 0 bridgehead atoms. The number of hydrogen-bond acceptors (Lipinski definition) is 2. The van der Waals surface area contributed by atoms with Gasteiger partial charge >= 0.3 is 0 Å². The maximum absolute atomic E-state index is 9.23. The largest absolute Gasteiger partial charge is 0.508 e. The van der Waals surface area contributed by atoms with Crippen molar-refractivity contribution in [2.45, 2.75) is 20.8 Å². The van der Waals surface area contributed by atoms with Gasteiger partial charge in [-0.1, -0.05) is 0 Å². The Hall–Kier alpha value is -1.31. The molecule has 1 aromatic carbocycles. The molecule has 0 aliphatic heterocycles. The van der Waals surface area contributed by atoms with E-state index in [1.165, 1.54) is 0 Å². The summed E-state index contributed by atoms with van der Waals surface area (Å²) in [5.74, 6) is 0.273. The van der Waals surface area contributed by atoms with Crippen molar-refractivity contribution in [3.63, 3.8) is 0 Å². The predicted octanol–water partition coefficient (Wildman–Crippen LogP) is 2.40. The molecule has 0 saturated carbocycles. The summed E-state index contributed by atoms with van der Waals surface area (Å²) in [7, 11) is 0. The lowest BCUT2D eigenvalue weighted by molar-refractivity contribution is 0.474. The van der Waals surface area contributed by atoms with Crippen LogP contribution >= 0.6 is 0 Å². The van der Waals surface area contributed by atoms with Crippen LogP contribution in [0, 0.1) is 19.3 Å². The molecule has 0 spiro atoms. The van der Waals surface area contributed by atoms with Gasteiger partial charge in [0.05, 0.1) is 0 Å². The van der Waals surface area contributed by atoms with Crippen LogP contribution in [0.25, 0.3) is 0 Å². The van der Waals surface area contributed by atoms with E-state index in [4.69, 9.17) is 5.41 Å². The lowest BCUT2D eigenvalue weighted by Gasteiger charge is -2.08. The Kier molecular flexibility index (Phi) is 2.18. The summed E-state index contributed by atoms with van der Waals surface area (Å²) in [6, 6.07) is 3.36. The van der Waals surface area contributed by atoms with Crippen molar-refractivity contribution in [2.75, 3.05) is 0 Å². The fourth-order valence-electron chi connectivity index (χ4n) is 1.53. The van der Waals surface area contributed by atoms with Crippen molar-refractivity contribution in [3.05, 3.63) is 28.8 Å². The van der Waals surface area contributed by atoms with Crippen LogP contribution in [0.2, 0.25) is 0 Å². The summed E-state index contributed by atoms with van der Waals surface area (Å²) in [6.45, 7) is 5.56. The van der Waals surface area contributed by atoms with E-state index in [-0.39, 0.29) is 5.75 Å². The summed E-state index contributed by atoms with van der Waals surface area (Å²) >= 11 is 0. The zero-order chi connectivity index (χ0) is 9.30. The molecule has 64 valence electrons. The van der Waals surface area contributed by atoms with Gasteiger partial charge in [0, 0.05) is 11.3 Å². The van der Waals surface area contributed by atoms with E-state index in [0.717, 1.165) is 16.7 Å². The molecule has 0 aromatic heterocycles. The average molecular weight is 163 g/mol. The maximum Gasteiger partial charge on any atom is 0.116 e. The molecule has 1 aromatic rings. The predicted molar refractivity (Wildman–Crippen MR) is 50.1 cm³/mol. The summed E-state index contributed by atoms with van der Waals surface area (Å²) in [4.78, 5) is 0. The highest BCUT2D eigenvalue weighted by atomic mass is 16.3. The molecule has 0 radical (unpaired) electrons. The second-order valence-electron chi connectivity index (χ2n) is 3.08. The molecule has 0 aliphatic carbocycles.